The standard InChI is InChI=1S/C26H34N4O4S/c1-24(2,3)29-35(32,33)19-7-5-6-18(16-19)27-23(31)20-8-9-21(25(4)17-34-25)28-22(20)30-14-12-26(10-11-26)13-15-30/h5-9,16,29H,10-15,17H2,1-4H3,(H,27,31). The molecular formula is C26H34N4O4S. The van der Waals surface area contributed by atoms with Crippen LogP contribution in [0.1, 0.15) is 69.4 Å². The van der Waals surface area contributed by atoms with Gasteiger partial charge in [-0.25, -0.2) is 18.1 Å². The van der Waals surface area contributed by atoms with Gasteiger partial charge in [-0.2, -0.15) is 0 Å². The monoisotopic (exact) mass is 498 g/mol. The largest absolute Gasteiger partial charge is 0.363 e. The average Bonchev–Trinajstić information content (AvgIpc) is 3.72. The molecule has 0 bridgehead atoms. The van der Waals surface area contributed by atoms with E-state index in [4.69, 9.17) is 9.72 Å². The SMILES string of the molecule is CC(C)(C)NS(=O)(=O)c1cccc(NC(=O)c2ccc(C3(C)CO3)nc2N2CCC3(CC2)CC3)c1. The van der Waals surface area contributed by atoms with Crippen molar-refractivity contribution >= 4 is 27.4 Å². The minimum atomic E-state index is -3.72. The topological polar surface area (TPSA) is 104 Å². The van der Waals surface area contributed by atoms with E-state index < -0.39 is 15.6 Å². The lowest BCUT2D eigenvalue weighted by Crippen LogP contribution is -2.40. The van der Waals surface area contributed by atoms with Gasteiger partial charge in [0.25, 0.3) is 5.91 Å². The van der Waals surface area contributed by atoms with Crippen LogP contribution in [-0.4, -0.2) is 44.5 Å². The van der Waals surface area contributed by atoms with Gasteiger partial charge in [0.2, 0.25) is 10.0 Å². The van der Waals surface area contributed by atoms with Crippen molar-refractivity contribution in [3.05, 3.63) is 47.7 Å². The second-order valence-electron chi connectivity index (χ2n) is 11.4. The number of carbonyl (C=O) groups excluding carboxylic acids is 1. The molecule has 1 spiro atoms. The zero-order valence-electron chi connectivity index (χ0n) is 20.8. The number of hydrogen-bond acceptors (Lipinski definition) is 6. The molecule has 1 aromatic heterocycles. The van der Waals surface area contributed by atoms with Gasteiger partial charge >= 0.3 is 0 Å². The van der Waals surface area contributed by atoms with Crippen LogP contribution < -0.4 is 14.9 Å². The number of piperidine rings is 1. The van der Waals surface area contributed by atoms with Crippen LogP contribution in [-0.2, 0) is 20.4 Å². The minimum Gasteiger partial charge on any atom is -0.363 e. The first-order chi connectivity index (χ1) is 16.4. The van der Waals surface area contributed by atoms with Crippen LogP contribution in [0.5, 0.6) is 0 Å². The highest BCUT2D eigenvalue weighted by molar-refractivity contribution is 7.89. The lowest BCUT2D eigenvalue weighted by atomic mass is 9.93. The molecule has 2 N–H and O–H groups in total. The van der Waals surface area contributed by atoms with Crippen LogP contribution in [0.25, 0.3) is 0 Å². The Morgan fingerprint density at radius 1 is 1.09 bits per heavy atom. The summed E-state index contributed by atoms with van der Waals surface area (Å²) in [5, 5.41) is 2.89. The van der Waals surface area contributed by atoms with Crippen LogP contribution in [0, 0.1) is 5.41 Å². The number of benzene rings is 1. The molecule has 1 atom stereocenters. The summed E-state index contributed by atoms with van der Waals surface area (Å²) >= 11 is 0. The Balaban J connectivity index is 1.40. The predicted molar refractivity (Wildman–Crippen MR) is 135 cm³/mol. The number of nitrogens with one attached hydrogen (secondary N) is 2. The molecule has 188 valence electrons. The molecule has 2 aromatic rings. The summed E-state index contributed by atoms with van der Waals surface area (Å²) in [6.45, 7) is 9.73. The maximum absolute atomic E-state index is 13.4. The first-order valence-electron chi connectivity index (χ1n) is 12.2. The highest BCUT2D eigenvalue weighted by Crippen LogP contribution is 2.54. The van der Waals surface area contributed by atoms with Crippen LogP contribution in [0.2, 0.25) is 0 Å². The van der Waals surface area contributed by atoms with Crippen molar-refractivity contribution < 1.29 is 17.9 Å². The molecule has 1 unspecified atom stereocenters. The highest BCUT2D eigenvalue weighted by Gasteiger charge is 2.46. The number of rotatable bonds is 6. The van der Waals surface area contributed by atoms with Crippen molar-refractivity contribution in [1.29, 1.82) is 0 Å². The number of pyridine rings is 1. The van der Waals surface area contributed by atoms with Gasteiger partial charge in [0, 0.05) is 24.3 Å². The van der Waals surface area contributed by atoms with Crippen molar-refractivity contribution in [3.63, 3.8) is 0 Å². The molecule has 3 heterocycles. The number of hydrogen-bond donors (Lipinski definition) is 2. The van der Waals surface area contributed by atoms with Crippen molar-refractivity contribution in [1.82, 2.24) is 9.71 Å². The smallest absolute Gasteiger partial charge is 0.259 e. The number of sulfonamides is 1. The maximum atomic E-state index is 13.4. The first kappa shape index (κ1) is 24.2. The summed E-state index contributed by atoms with van der Waals surface area (Å²) in [5.74, 6) is 0.358. The van der Waals surface area contributed by atoms with E-state index in [2.05, 4.69) is 14.9 Å². The van der Waals surface area contributed by atoms with Crippen LogP contribution in [0.15, 0.2) is 41.3 Å². The first-order valence-corrected chi connectivity index (χ1v) is 13.7. The summed E-state index contributed by atoms with van der Waals surface area (Å²) in [7, 11) is -3.72. The van der Waals surface area contributed by atoms with Gasteiger partial charge in [-0.1, -0.05) is 6.07 Å². The fourth-order valence-corrected chi connectivity index (χ4v) is 6.15. The Morgan fingerprint density at radius 2 is 1.77 bits per heavy atom. The van der Waals surface area contributed by atoms with Crippen LogP contribution in [0.3, 0.4) is 0 Å². The molecule has 2 aliphatic heterocycles. The number of nitrogens with zero attached hydrogens (tertiary/aromatic N) is 2. The molecule has 2 saturated heterocycles. The third-order valence-corrected chi connectivity index (χ3v) is 8.92. The Kier molecular flexibility index (Phi) is 5.73. The molecule has 1 saturated carbocycles. The molecule has 3 fully saturated rings. The van der Waals surface area contributed by atoms with Gasteiger partial charge < -0.3 is 15.0 Å². The van der Waals surface area contributed by atoms with E-state index in [0.29, 0.717) is 29.1 Å². The fraction of sp³-hybridized carbons (Fsp3) is 0.538. The molecule has 0 radical (unpaired) electrons. The number of carbonyl (C=O) groups is 1. The van der Waals surface area contributed by atoms with E-state index in [1.54, 1.807) is 32.9 Å². The summed E-state index contributed by atoms with van der Waals surface area (Å²) in [4.78, 5) is 20.6. The summed E-state index contributed by atoms with van der Waals surface area (Å²) in [6, 6.07) is 9.97. The van der Waals surface area contributed by atoms with Gasteiger partial charge in [-0.3, -0.25) is 4.79 Å². The molecule has 8 nitrogen and oxygen atoms in total. The van der Waals surface area contributed by atoms with E-state index in [1.165, 1.54) is 25.0 Å². The zero-order chi connectivity index (χ0) is 25.1. The van der Waals surface area contributed by atoms with Crippen molar-refractivity contribution in [2.75, 3.05) is 29.9 Å². The Morgan fingerprint density at radius 3 is 2.37 bits per heavy atom. The summed E-state index contributed by atoms with van der Waals surface area (Å²) in [5.41, 5.74) is 1.23. The van der Waals surface area contributed by atoms with Gasteiger partial charge in [0.05, 0.1) is 22.8 Å². The number of epoxide rings is 1. The molecule has 3 aliphatic rings. The number of ether oxygens (including phenoxy) is 1. The third-order valence-electron chi connectivity index (χ3n) is 7.16. The number of amides is 1. The Bertz CT molecular complexity index is 1250. The number of anilines is 2. The molecule has 9 heteroatoms. The van der Waals surface area contributed by atoms with Gasteiger partial charge in [0.1, 0.15) is 11.4 Å². The lowest BCUT2D eigenvalue weighted by molar-refractivity contribution is 0.102. The third kappa shape index (κ3) is 5.22. The highest BCUT2D eigenvalue weighted by atomic mass is 32.2. The zero-order valence-corrected chi connectivity index (χ0v) is 21.7. The van der Waals surface area contributed by atoms with Gasteiger partial charge in [-0.15, -0.1) is 0 Å². The van der Waals surface area contributed by atoms with Gasteiger partial charge in [0.15, 0.2) is 0 Å². The van der Waals surface area contributed by atoms with E-state index in [0.717, 1.165) is 31.6 Å². The van der Waals surface area contributed by atoms with Crippen LogP contribution in [0.4, 0.5) is 11.5 Å². The van der Waals surface area contributed by atoms with Crippen molar-refractivity contribution in [2.24, 2.45) is 5.41 Å². The second kappa shape index (κ2) is 8.28. The van der Waals surface area contributed by atoms with Crippen molar-refractivity contribution in [2.45, 2.75) is 69.4 Å². The average molecular weight is 499 g/mol. The summed E-state index contributed by atoms with van der Waals surface area (Å²) in [6.07, 6.45) is 4.84. The Labute approximate surface area is 207 Å². The molecule has 1 aliphatic carbocycles. The fourth-order valence-electron chi connectivity index (χ4n) is 4.69. The van der Waals surface area contributed by atoms with E-state index in [-0.39, 0.29) is 16.4 Å². The van der Waals surface area contributed by atoms with Crippen molar-refractivity contribution in [3.8, 4) is 0 Å². The van der Waals surface area contributed by atoms with E-state index in [1.807, 2.05) is 19.1 Å². The van der Waals surface area contributed by atoms with E-state index in [9.17, 15) is 13.2 Å². The quantitative estimate of drug-likeness (QED) is 0.583. The summed E-state index contributed by atoms with van der Waals surface area (Å²) < 4.78 is 33.8. The predicted octanol–water partition coefficient (Wildman–Crippen LogP) is 4.04. The normalized spacial score (nSPS) is 23.3. The molecule has 35 heavy (non-hydrogen) atoms. The molecule has 1 aromatic carbocycles. The van der Waals surface area contributed by atoms with Gasteiger partial charge in [-0.05, 0) is 89.1 Å². The van der Waals surface area contributed by atoms with Crippen LogP contribution >= 0.6 is 0 Å². The lowest BCUT2D eigenvalue weighted by Gasteiger charge is -2.34. The molecular weight excluding hydrogens is 464 g/mol. The maximum Gasteiger partial charge on any atom is 0.259 e. The number of aromatic nitrogens is 1. The molecule has 5 rings (SSSR count). The van der Waals surface area contributed by atoms with E-state index >= 15 is 0 Å². The minimum absolute atomic E-state index is 0.100. The second-order valence-corrected chi connectivity index (χ2v) is 13.1. The molecule has 1 amide bonds. The Hall–Kier alpha value is -2.49.